The average molecular weight is 400 g/mol. The van der Waals surface area contributed by atoms with Crippen molar-refractivity contribution in [3.8, 4) is 11.3 Å². The molecule has 1 aromatic heterocycles. The highest BCUT2D eigenvalue weighted by atomic mass is 16.1. The molecule has 0 unspecified atom stereocenters. The molecule has 2 aliphatic carbocycles. The van der Waals surface area contributed by atoms with E-state index in [-0.39, 0.29) is 0 Å². The molecule has 0 radical (unpaired) electrons. The van der Waals surface area contributed by atoms with Crippen LogP contribution in [-0.4, -0.2) is 10.4 Å². The molecule has 0 bridgehead atoms. The number of Topliss-reactive ketones (excluding diaryl/α,β-unsaturated/α-hetero) is 1. The number of para-hydroxylation sites is 1. The smallest absolute Gasteiger partial charge is 0.139 e. The Balaban J connectivity index is 1.30. The summed E-state index contributed by atoms with van der Waals surface area (Å²) < 4.78 is 2.30. The molecule has 0 spiro atoms. The Morgan fingerprint density at radius 3 is 2.30 bits per heavy atom. The molecular formula is C28H33NO. The van der Waals surface area contributed by atoms with E-state index in [0.717, 1.165) is 38.5 Å². The summed E-state index contributed by atoms with van der Waals surface area (Å²) >= 11 is 0. The van der Waals surface area contributed by atoms with Gasteiger partial charge in [0.15, 0.2) is 0 Å². The number of nitrogens with zero attached hydrogens (tertiary/aromatic N) is 1. The summed E-state index contributed by atoms with van der Waals surface area (Å²) in [6.45, 7) is 0. The Hall–Kier alpha value is -2.35. The van der Waals surface area contributed by atoms with Crippen molar-refractivity contribution in [2.45, 2.75) is 63.7 Å². The minimum Gasteiger partial charge on any atom is -0.344 e. The fraction of sp³-hybridized carbons (Fsp3) is 0.464. The second kappa shape index (κ2) is 8.41. The monoisotopic (exact) mass is 399 g/mol. The van der Waals surface area contributed by atoms with Gasteiger partial charge in [-0.25, -0.2) is 0 Å². The minimum absolute atomic E-state index is 0.325. The molecular weight excluding hydrogens is 366 g/mol. The van der Waals surface area contributed by atoms with Gasteiger partial charge in [-0.05, 0) is 73.8 Å². The average Bonchev–Trinajstić information content (AvgIpc) is 3.16. The van der Waals surface area contributed by atoms with Crippen LogP contribution in [0.5, 0.6) is 0 Å². The van der Waals surface area contributed by atoms with Crippen LogP contribution in [0.2, 0.25) is 0 Å². The summed E-state index contributed by atoms with van der Waals surface area (Å²) in [6.07, 6.45) is 10.6. The van der Waals surface area contributed by atoms with E-state index in [2.05, 4.69) is 66.2 Å². The lowest BCUT2D eigenvalue weighted by Gasteiger charge is -2.31. The summed E-state index contributed by atoms with van der Waals surface area (Å²) in [6, 6.07) is 20.0. The van der Waals surface area contributed by atoms with Gasteiger partial charge in [0.05, 0.1) is 0 Å². The lowest BCUT2D eigenvalue weighted by molar-refractivity contribution is -0.128. The summed E-state index contributed by atoms with van der Waals surface area (Å²) in [5, 5.41) is 1.29. The van der Waals surface area contributed by atoms with Gasteiger partial charge >= 0.3 is 0 Å². The molecule has 2 aromatic carbocycles. The second-order valence-electron chi connectivity index (χ2n) is 9.56. The van der Waals surface area contributed by atoms with Crippen LogP contribution in [-0.2, 0) is 11.8 Å². The number of hydrogen-bond donors (Lipinski definition) is 0. The molecule has 0 saturated heterocycles. The molecule has 3 aromatic rings. The van der Waals surface area contributed by atoms with Gasteiger partial charge in [0.25, 0.3) is 0 Å². The molecule has 0 atom stereocenters. The van der Waals surface area contributed by atoms with Gasteiger partial charge in [0.1, 0.15) is 5.78 Å². The Bertz CT molecular complexity index is 1030. The predicted octanol–water partition coefficient (Wildman–Crippen LogP) is 7.27. The minimum atomic E-state index is 0.325. The van der Waals surface area contributed by atoms with Crippen molar-refractivity contribution in [3.05, 3.63) is 60.2 Å². The van der Waals surface area contributed by atoms with E-state index in [1.165, 1.54) is 47.0 Å². The van der Waals surface area contributed by atoms with Crippen LogP contribution in [0.25, 0.3) is 22.2 Å². The first-order valence-corrected chi connectivity index (χ1v) is 11.9. The van der Waals surface area contributed by atoms with Crippen molar-refractivity contribution < 1.29 is 4.79 Å². The first-order chi connectivity index (χ1) is 14.7. The van der Waals surface area contributed by atoms with E-state index in [1.807, 2.05) is 0 Å². The first-order valence-electron chi connectivity index (χ1n) is 11.9. The van der Waals surface area contributed by atoms with Crippen LogP contribution in [0, 0.1) is 11.8 Å². The highest BCUT2D eigenvalue weighted by Crippen LogP contribution is 2.40. The van der Waals surface area contributed by atoms with Crippen molar-refractivity contribution in [2.24, 2.45) is 18.9 Å². The molecule has 5 rings (SSSR count). The van der Waals surface area contributed by atoms with E-state index in [4.69, 9.17) is 0 Å². The number of aromatic nitrogens is 1. The number of carbonyl (C=O) groups excluding carboxylic acids is 1. The van der Waals surface area contributed by atoms with Crippen LogP contribution < -0.4 is 0 Å². The maximum Gasteiger partial charge on any atom is 0.139 e. The third kappa shape index (κ3) is 3.73. The Labute approximate surface area is 180 Å². The lowest BCUT2D eigenvalue weighted by Crippen LogP contribution is -2.28. The summed E-state index contributed by atoms with van der Waals surface area (Å²) in [5.41, 5.74) is 5.30. The predicted molar refractivity (Wildman–Crippen MR) is 125 cm³/mol. The molecule has 0 aliphatic heterocycles. The van der Waals surface area contributed by atoms with Crippen LogP contribution in [0.1, 0.15) is 69.3 Å². The molecule has 156 valence electrons. The zero-order valence-electron chi connectivity index (χ0n) is 18.1. The number of rotatable bonds is 4. The fourth-order valence-electron chi connectivity index (χ4n) is 5.95. The highest BCUT2D eigenvalue weighted by molar-refractivity contribution is 5.87. The van der Waals surface area contributed by atoms with Gasteiger partial charge < -0.3 is 4.57 Å². The zero-order valence-corrected chi connectivity index (χ0v) is 18.1. The number of carbonyl (C=O) groups is 1. The van der Waals surface area contributed by atoms with E-state index < -0.39 is 0 Å². The number of fused-ring (bicyclic) bond motifs is 1. The van der Waals surface area contributed by atoms with Gasteiger partial charge in [-0.2, -0.15) is 0 Å². The molecule has 2 heteroatoms. The van der Waals surface area contributed by atoms with Gasteiger partial charge in [0, 0.05) is 35.5 Å². The van der Waals surface area contributed by atoms with E-state index in [1.54, 1.807) is 0 Å². The molecule has 0 amide bonds. The largest absolute Gasteiger partial charge is 0.344 e. The molecule has 2 nitrogen and oxygen atoms in total. The lowest BCUT2D eigenvalue weighted by atomic mass is 9.72. The Kier molecular flexibility index (Phi) is 5.50. The molecule has 0 N–H and O–H groups in total. The van der Waals surface area contributed by atoms with Gasteiger partial charge in [-0.15, -0.1) is 0 Å². The van der Waals surface area contributed by atoms with Crippen molar-refractivity contribution in [1.82, 2.24) is 4.57 Å². The highest BCUT2D eigenvalue weighted by Gasteiger charge is 2.32. The summed E-state index contributed by atoms with van der Waals surface area (Å²) in [5.74, 6) is 1.88. The number of ketones is 1. The number of hydrogen-bond acceptors (Lipinski definition) is 1. The Morgan fingerprint density at radius 1 is 0.800 bits per heavy atom. The number of aryl methyl sites for hydroxylation is 1. The zero-order chi connectivity index (χ0) is 20.5. The van der Waals surface area contributed by atoms with E-state index >= 15 is 0 Å². The Morgan fingerprint density at radius 2 is 1.53 bits per heavy atom. The topological polar surface area (TPSA) is 22.0 Å². The maximum absolute atomic E-state index is 13.0. The molecule has 2 aliphatic rings. The first kappa shape index (κ1) is 19.6. The van der Waals surface area contributed by atoms with Crippen LogP contribution in [0.4, 0.5) is 0 Å². The molecule has 2 saturated carbocycles. The SMILES string of the molecule is Cn1c(-c2cccc(C3CCC(C(=O)C4CCCCC4)CC3)c2)cc2ccccc21. The fourth-order valence-corrected chi connectivity index (χ4v) is 5.95. The van der Waals surface area contributed by atoms with Gasteiger partial charge in [0.2, 0.25) is 0 Å². The molecule has 2 fully saturated rings. The molecule has 30 heavy (non-hydrogen) atoms. The summed E-state index contributed by atoms with van der Waals surface area (Å²) in [7, 11) is 2.16. The van der Waals surface area contributed by atoms with Gasteiger partial charge in [-0.3, -0.25) is 4.79 Å². The number of benzene rings is 2. The van der Waals surface area contributed by atoms with E-state index in [0.29, 0.717) is 23.5 Å². The third-order valence-corrected chi connectivity index (χ3v) is 7.74. The third-order valence-electron chi connectivity index (χ3n) is 7.74. The van der Waals surface area contributed by atoms with Crippen molar-refractivity contribution >= 4 is 16.7 Å². The standard InChI is InChI=1S/C28H33NO/c1-29-26-13-6-5-10-25(26)19-27(29)24-12-7-11-23(18-24)20-14-16-22(17-15-20)28(30)21-8-3-2-4-9-21/h5-7,10-13,18-22H,2-4,8-9,14-17H2,1H3. The normalized spacial score (nSPS) is 23.0. The van der Waals surface area contributed by atoms with Crippen molar-refractivity contribution in [2.75, 3.05) is 0 Å². The van der Waals surface area contributed by atoms with Gasteiger partial charge in [-0.1, -0.05) is 55.7 Å². The maximum atomic E-state index is 13.0. The summed E-state index contributed by atoms with van der Waals surface area (Å²) in [4.78, 5) is 13.0. The van der Waals surface area contributed by atoms with Crippen LogP contribution in [0.3, 0.4) is 0 Å². The van der Waals surface area contributed by atoms with Crippen LogP contribution in [0.15, 0.2) is 54.6 Å². The van der Waals surface area contributed by atoms with E-state index in [9.17, 15) is 4.79 Å². The second-order valence-corrected chi connectivity index (χ2v) is 9.56. The van der Waals surface area contributed by atoms with Crippen molar-refractivity contribution in [1.29, 1.82) is 0 Å². The van der Waals surface area contributed by atoms with Crippen molar-refractivity contribution in [3.63, 3.8) is 0 Å². The quantitative estimate of drug-likeness (QED) is 0.452. The molecule has 1 heterocycles. The van der Waals surface area contributed by atoms with Crippen LogP contribution >= 0.6 is 0 Å².